The van der Waals surface area contributed by atoms with Crippen LogP contribution in [-0.4, -0.2) is 52.9 Å². The van der Waals surface area contributed by atoms with E-state index in [0.29, 0.717) is 13.0 Å². The molecule has 174 valence electrons. The summed E-state index contributed by atoms with van der Waals surface area (Å²) in [5.41, 5.74) is 3.57. The molecule has 33 heavy (non-hydrogen) atoms. The summed E-state index contributed by atoms with van der Waals surface area (Å²) < 4.78 is 0. The third kappa shape index (κ3) is 7.81. The Bertz CT molecular complexity index is 926. The molecule has 1 aliphatic heterocycles. The summed E-state index contributed by atoms with van der Waals surface area (Å²) in [6, 6.07) is 24.5. The number of aromatic nitrogens is 1. The standard InChI is InChI=1S/C26H30N4O.C2H6/c31-26(30-16-14-29(15-17-30)21-23-10-5-2-6-11-23)25(18-22-8-3-1-4-9-22)28-20-24-12-7-13-27-19-24;1-2/h1-13,19,25,28H,14-18,20-21H2;1-2H3. The zero-order chi connectivity index (χ0) is 23.3. The zero-order valence-electron chi connectivity index (χ0n) is 19.9. The molecule has 1 aliphatic rings. The van der Waals surface area contributed by atoms with Crippen LogP contribution in [0.4, 0.5) is 0 Å². The van der Waals surface area contributed by atoms with Gasteiger partial charge in [0.05, 0.1) is 6.04 Å². The summed E-state index contributed by atoms with van der Waals surface area (Å²) in [6.45, 7) is 8.92. The monoisotopic (exact) mass is 444 g/mol. The number of rotatable bonds is 8. The fourth-order valence-corrected chi connectivity index (χ4v) is 4.03. The Morgan fingerprint density at radius 1 is 0.848 bits per heavy atom. The molecule has 0 radical (unpaired) electrons. The number of nitrogens with one attached hydrogen (secondary N) is 1. The largest absolute Gasteiger partial charge is 0.339 e. The number of pyridine rings is 1. The summed E-state index contributed by atoms with van der Waals surface area (Å²) in [5.74, 6) is 0.187. The molecule has 1 N–H and O–H groups in total. The lowest BCUT2D eigenvalue weighted by atomic mass is 10.0. The molecule has 4 rings (SSSR count). The smallest absolute Gasteiger partial charge is 0.240 e. The normalized spacial score (nSPS) is 14.8. The zero-order valence-corrected chi connectivity index (χ0v) is 19.9. The van der Waals surface area contributed by atoms with Crippen molar-refractivity contribution in [2.45, 2.75) is 39.4 Å². The first-order chi connectivity index (χ1) is 16.3. The average molecular weight is 445 g/mol. The van der Waals surface area contributed by atoms with Crippen molar-refractivity contribution in [1.82, 2.24) is 20.1 Å². The highest BCUT2D eigenvalue weighted by atomic mass is 16.2. The lowest BCUT2D eigenvalue weighted by molar-refractivity contribution is -0.135. The number of carbonyl (C=O) groups is 1. The van der Waals surface area contributed by atoms with Gasteiger partial charge in [0.2, 0.25) is 5.91 Å². The highest BCUT2D eigenvalue weighted by molar-refractivity contribution is 5.82. The van der Waals surface area contributed by atoms with E-state index in [1.165, 1.54) is 11.1 Å². The van der Waals surface area contributed by atoms with Gasteiger partial charge in [0, 0.05) is 51.7 Å². The Hall–Kier alpha value is -3.02. The Kier molecular flexibility index (Phi) is 10.1. The molecule has 0 bridgehead atoms. The summed E-state index contributed by atoms with van der Waals surface area (Å²) in [5, 5.41) is 3.49. The number of nitrogens with zero attached hydrogens (tertiary/aromatic N) is 3. The minimum absolute atomic E-state index is 0.187. The summed E-state index contributed by atoms with van der Waals surface area (Å²) in [7, 11) is 0. The Morgan fingerprint density at radius 3 is 2.06 bits per heavy atom. The number of benzene rings is 2. The van der Waals surface area contributed by atoms with E-state index in [-0.39, 0.29) is 11.9 Å². The summed E-state index contributed by atoms with van der Waals surface area (Å²) in [4.78, 5) is 22.0. The van der Waals surface area contributed by atoms with Crippen LogP contribution in [0.1, 0.15) is 30.5 Å². The lowest BCUT2D eigenvalue weighted by Crippen LogP contribution is -2.54. The molecule has 0 spiro atoms. The SMILES string of the molecule is CC.O=C(C(Cc1ccccc1)NCc1cccnc1)N1CCN(Cc2ccccc2)CC1. The molecule has 1 aromatic heterocycles. The molecule has 1 amide bonds. The fraction of sp³-hybridized carbons (Fsp3) is 0.357. The van der Waals surface area contributed by atoms with Crippen LogP contribution in [-0.2, 0) is 24.3 Å². The van der Waals surface area contributed by atoms with Crippen molar-refractivity contribution < 1.29 is 4.79 Å². The van der Waals surface area contributed by atoms with Crippen LogP contribution in [0.2, 0.25) is 0 Å². The quantitative estimate of drug-likeness (QED) is 0.567. The van der Waals surface area contributed by atoms with Gasteiger partial charge < -0.3 is 10.2 Å². The van der Waals surface area contributed by atoms with Crippen LogP contribution in [0.25, 0.3) is 0 Å². The van der Waals surface area contributed by atoms with Gasteiger partial charge >= 0.3 is 0 Å². The second-order valence-corrected chi connectivity index (χ2v) is 8.07. The van der Waals surface area contributed by atoms with Crippen molar-refractivity contribution >= 4 is 5.91 Å². The number of piperazine rings is 1. The first-order valence-corrected chi connectivity index (χ1v) is 12.0. The van der Waals surface area contributed by atoms with E-state index in [9.17, 15) is 4.79 Å². The van der Waals surface area contributed by atoms with Gasteiger partial charge in [0.25, 0.3) is 0 Å². The van der Waals surface area contributed by atoms with E-state index >= 15 is 0 Å². The molecule has 2 heterocycles. The van der Waals surface area contributed by atoms with Gasteiger partial charge in [-0.15, -0.1) is 0 Å². The maximum atomic E-state index is 13.4. The van der Waals surface area contributed by atoms with Crippen molar-refractivity contribution in [3.8, 4) is 0 Å². The first kappa shape index (κ1) is 24.6. The minimum atomic E-state index is -0.247. The molecule has 5 heteroatoms. The van der Waals surface area contributed by atoms with Crippen molar-refractivity contribution in [2.75, 3.05) is 26.2 Å². The highest BCUT2D eigenvalue weighted by Gasteiger charge is 2.27. The highest BCUT2D eigenvalue weighted by Crippen LogP contribution is 2.12. The molecule has 1 atom stereocenters. The molecular weight excluding hydrogens is 408 g/mol. The van der Waals surface area contributed by atoms with Crippen molar-refractivity contribution in [3.05, 3.63) is 102 Å². The molecule has 1 saturated heterocycles. The fourth-order valence-electron chi connectivity index (χ4n) is 4.03. The van der Waals surface area contributed by atoms with Gasteiger partial charge in [0.1, 0.15) is 0 Å². The maximum Gasteiger partial charge on any atom is 0.240 e. The Balaban J connectivity index is 0.00000149. The van der Waals surface area contributed by atoms with Gasteiger partial charge in [-0.1, -0.05) is 80.6 Å². The van der Waals surface area contributed by atoms with Crippen LogP contribution in [0, 0.1) is 0 Å². The Morgan fingerprint density at radius 2 is 1.45 bits per heavy atom. The van der Waals surface area contributed by atoms with Gasteiger partial charge in [-0.25, -0.2) is 0 Å². The summed E-state index contributed by atoms with van der Waals surface area (Å²) in [6.07, 6.45) is 4.30. The van der Waals surface area contributed by atoms with Gasteiger partial charge in [-0.3, -0.25) is 14.7 Å². The number of hydrogen-bond acceptors (Lipinski definition) is 4. The van der Waals surface area contributed by atoms with Crippen LogP contribution in [0.3, 0.4) is 0 Å². The van der Waals surface area contributed by atoms with E-state index in [1.807, 2.05) is 61.3 Å². The number of carbonyl (C=O) groups excluding carboxylic acids is 1. The van der Waals surface area contributed by atoms with Gasteiger partial charge in [-0.2, -0.15) is 0 Å². The molecule has 1 fully saturated rings. The van der Waals surface area contributed by atoms with Crippen LogP contribution >= 0.6 is 0 Å². The molecule has 5 nitrogen and oxygen atoms in total. The lowest BCUT2D eigenvalue weighted by Gasteiger charge is -2.36. The second kappa shape index (κ2) is 13.5. The van der Waals surface area contributed by atoms with Crippen molar-refractivity contribution in [1.29, 1.82) is 0 Å². The maximum absolute atomic E-state index is 13.4. The third-order valence-corrected chi connectivity index (χ3v) is 5.79. The van der Waals surface area contributed by atoms with Gasteiger partial charge in [-0.05, 0) is 29.2 Å². The van der Waals surface area contributed by atoms with Crippen LogP contribution in [0.5, 0.6) is 0 Å². The summed E-state index contributed by atoms with van der Waals surface area (Å²) >= 11 is 0. The number of amides is 1. The van der Waals surface area contributed by atoms with Crippen molar-refractivity contribution in [3.63, 3.8) is 0 Å². The number of hydrogen-bond donors (Lipinski definition) is 1. The average Bonchev–Trinajstić information content (AvgIpc) is 2.89. The second-order valence-electron chi connectivity index (χ2n) is 8.07. The van der Waals surface area contributed by atoms with E-state index < -0.39 is 0 Å². The van der Waals surface area contributed by atoms with E-state index in [2.05, 4.69) is 51.6 Å². The predicted molar refractivity (Wildman–Crippen MR) is 135 cm³/mol. The van der Waals surface area contributed by atoms with Gasteiger partial charge in [0.15, 0.2) is 0 Å². The van der Waals surface area contributed by atoms with Crippen molar-refractivity contribution in [2.24, 2.45) is 0 Å². The van der Waals surface area contributed by atoms with E-state index in [4.69, 9.17) is 0 Å². The van der Waals surface area contributed by atoms with E-state index in [0.717, 1.165) is 38.3 Å². The molecule has 0 saturated carbocycles. The molecule has 2 aromatic carbocycles. The van der Waals surface area contributed by atoms with Crippen LogP contribution < -0.4 is 5.32 Å². The van der Waals surface area contributed by atoms with E-state index in [1.54, 1.807) is 6.20 Å². The minimum Gasteiger partial charge on any atom is -0.339 e. The molecular formula is C28H36N4O. The Labute approximate surface area is 198 Å². The molecule has 0 aliphatic carbocycles. The van der Waals surface area contributed by atoms with Crippen LogP contribution in [0.15, 0.2) is 85.2 Å². The molecule has 3 aromatic rings. The predicted octanol–water partition coefficient (Wildman–Crippen LogP) is 4.15. The third-order valence-electron chi connectivity index (χ3n) is 5.79. The topological polar surface area (TPSA) is 48.5 Å². The molecule has 1 unspecified atom stereocenters. The first-order valence-electron chi connectivity index (χ1n) is 12.0.